The van der Waals surface area contributed by atoms with Crippen LogP contribution >= 0.6 is 0 Å². The lowest BCUT2D eigenvalue weighted by molar-refractivity contribution is -0.131. The number of Topliss-reactive ketones (excluding diaryl/α,β-unsaturated/α-hetero) is 1. The third-order valence-corrected chi connectivity index (χ3v) is 2.60. The normalized spacial score (nSPS) is 10.7. The van der Waals surface area contributed by atoms with Gasteiger partial charge in [-0.05, 0) is 26.8 Å². The van der Waals surface area contributed by atoms with Crippen LogP contribution in [-0.2, 0) is 9.53 Å². The zero-order valence-corrected chi connectivity index (χ0v) is 13.6. The van der Waals surface area contributed by atoms with Crippen LogP contribution in [0, 0.1) is 0 Å². The molecule has 0 aliphatic carbocycles. The summed E-state index contributed by atoms with van der Waals surface area (Å²) in [6.07, 6.45) is -0.829. The van der Waals surface area contributed by atoms with Gasteiger partial charge in [0.15, 0.2) is 11.5 Å². The van der Waals surface area contributed by atoms with Crippen molar-refractivity contribution in [2.45, 2.75) is 26.4 Å². The van der Waals surface area contributed by atoms with Gasteiger partial charge in [-0.3, -0.25) is 10.1 Å². The molecule has 0 unspecified atom stereocenters. The standard InChI is InChI=1S/C15H19NO7/c1-15(2,3)23-14(20)16-9-7-11(22-5)10(21-4)6-8(9)12(17)13(18)19/h6-7H,1-5H3,(H,16,20)(H,18,19). The summed E-state index contributed by atoms with van der Waals surface area (Å²) < 4.78 is 15.2. The Kier molecular flexibility index (Phi) is 5.56. The van der Waals surface area contributed by atoms with Crippen molar-refractivity contribution in [2.75, 3.05) is 19.5 Å². The molecule has 0 bridgehead atoms. The largest absolute Gasteiger partial charge is 0.493 e. The number of methoxy groups -OCH3 is 2. The molecule has 0 atom stereocenters. The van der Waals surface area contributed by atoms with Gasteiger partial charge in [0.05, 0.1) is 25.5 Å². The summed E-state index contributed by atoms with van der Waals surface area (Å²) in [5, 5.41) is 11.3. The quantitative estimate of drug-likeness (QED) is 0.631. The Balaban J connectivity index is 3.29. The van der Waals surface area contributed by atoms with Gasteiger partial charge >= 0.3 is 12.1 Å². The molecule has 0 spiro atoms. The van der Waals surface area contributed by atoms with E-state index in [4.69, 9.17) is 19.3 Å². The molecule has 8 heteroatoms. The molecule has 1 aromatic carbocycles. The van der Waals surface area contributed by atoms with Crippen molar-refractivity contribution >= 4 is 23.5 Å². The average molecular weight is 325 g/mol. The Morgan fingerprint density at radius 3 is 2.00 bits per heavy atom. The number of ether oxygens (including phenoxy) is 3. The third-order valence-electron chi connectivity index (χ3n) is 2.60. The molecular weight excluding hydrogens is 306 g/mol. The lowest BCUT2D eigenvalue weighted by atomic mass is 10.1. The van der Waals surface area contributed by atoms with Crippen molar-refractivity contribution in [1.82, 2.24) is 0 Å². The Bertz CT molecular complexity index is 631. The van der Waals surface area contributed by atoms with E-state index in [1.165, 1.54) is 26.4 Å². The van der Waals surface area contributed by atoms with Gasteiger partial charge in [0.25, 0.3) is 5.78 Å². The van der Waals surface area contributed by atoms with Crippen LogP contribution < -0.4 is 14.8 Å². The summed E-state index contributed by atoms with van der Waals surface area (Å²) in [4.78, 5) is 34.6. The number of ketones is 1. The third kappa shape index (κ3) is 4.87. The predicted molar refractivity (Wildman–Crippen MR) is 81.4 cm³/mol. The number of anilines is 1. The molecule has 0 aliphatic rings. The second kappa shape index (κ2) is 6.99. The molecule has 1 aromatic rings. The fourth-order valence-corrected chi connectivity index (χ4v) is 1.70. The molecule has 0 saturated carbocycles. The summed E-state index contributed by atoms with van der Waals surface area (Å²) in [5.74, 6) is -2.48. The first kappa shape index (κ1) is 18.3. The number of carbonyl (C=O) groups is 3. The predicted octanol–water partition coefficient (Wildman–Crippen LogP) is 2.32. The van der Waals surface area contributed by atoms with Crippen molar-refractivity contribution in [3.8, 4) is 11.5 Å². The molecule has 0 aromatic heterocycles. The average Bonchev–Trinajstić information content (AvgIpc) is 2.43. The molecule has 1 rings (SSSR count). The van der Waals surface area contributed by atoms with Crippen LogP contribution in [-0.4, -0.2) is 42.8 Å². The van der Waals surface area contributed by atoms with Crippen LogP contribution in [0.1, 0.15) is 31.1 Å². The van der Waals surface area contributed by atoms with E-state index in [0.717, 1.165) is 0 Å². The zero-order valence-electron chi connectivity index (χ0n) is 13.6. The maximum absolute atomic E-state index is 11.9. The van der Waals surface area contributed by atoms with Crippen molar-refractivity contribution in [1.29, 1.82) is 0 Å². The minimum absolute atomic E-state index is 0.0516. The van der Waals surface area contributed by atoms with Gasteiger partial charge in [-0.1, -0.05) is 0 Å². The highest BCUT2D eigenvalue weighted by molar-refractivity contribution is 6.41. The first-order valence-corrected chi connectivity index (χ1v) is 6.62. The molecule has 23 heavy (non-hydrogen) atoms. The minimum Gasteiger partial charge on any atom is -0.493 e. The number of hydrogen-bond donors (Lipinski definition) is 2. The zero-order chi connectivity index (χ0) is 17.8. The van der Waals surface area contributed by atoms with Gasteiger partial charge in [0.2, 0.25) is 0 Å². The number of nitrogens with one attached hydrogen (secondary N) is 1. The molecule has 0 heterocycles. The number of benzene rings is 1. The van der Waals surface area contributed by atoms with E-state index in [1.807, 2.05) is 0 Å². The van der Waals surface area contributed by atoms with Gasteiger partial charge in [-0.25, -0.2) is 9.59 Å². The van der Waals surface area contributed by atoms with E-state index >= 15 is 0 Å². The maximum atomic E-state index is 11.9. The second-order valence-electron chi connectivity index (χ2n) is 5.51. The van der Waals surface area contributed by atoms with Gasteiger partial charge in [0.1, 0.15) is 5.60 Å². The number of carbonyl (C=O) groups excluding carboxylic acids is 2. The number of carboxylic acids is 1. The van der Waals surface area contributed by atoms with Crippen molar-refractivity contribution in [2.24, 2.45) is 0 Å². The van der Waals surface area contributed by atoms with Crippen molar-refractivity contribution in [3.05, 3.63) is 17.7 Å². The van der Waals surface area contributed by atoms with E-state index in [1.54, 1.807) is 20.8 Å². The number of hydrogen-bond acceptors (Lipinski definition) is 6. The van der Waals surface area contributed by atoms with Crippen LogP contribution in [0.3, 0.4) is 0 Å². The second-order valence-corrected chi connectivity index (χ2v) is 5.51. The lowest BCUT2D eigenvalue weighted by Crippen LogP contribution is -2.28. The van der Waals surface area contributed by atoms with Crippen LogP contribution in [0.15, 0.2) is 12.1 Å². The first-order valence-electron chi connectivity index (χ1n) is 6.62. The van der Waals surface area contributed by atoms with Crippen LogP contribution in [0.25, 0.3) is 0 Å². The Morgan fingerprint density at radius 1 is 1.04 bits per heavy atom. The van der Waals surface area contributed by atoms with E-state index in [9.17, 15) is 14.4 Å². The fourth-order valence-electron chi connectivity index (χ4n) is 1.70. The molecule has 0 fully saturated rings. The number of carboxylic acid groups (broad SMARTS) is 1. The van der Waals surface area contributed by atoms with Gasteiger partial charge in [-0.2, -0.15) is 0 Å². The highest BCUT2D eigenvalue weighted by Gasteiger charge is 2.24. The van der Waals surface area contributed by atoms with E-state index in [-0.39, 0.29) is 22.7 Å². The first-order chi connectivity index (χ1) is 10.6. The summed E-state index contributed by atoms with van der Waals surface area (Å²) in [6.45, 7) is 5.01. The minimum atomic E-state index is -1.66. The van der Waals surface area contributed by atoms with E-state index < -0.39 is 23.4 Å². The highest BCUT2D eigenvalue weighted by atomic mass is 16.6. The molecule has 2 N–H and O–H groups in total. The molecule has 0 aliphatic heterocycles. The Morgan fingerprint density at radius 2 is 1.57 bits per heavy atom. The molecule has 0 saturated heterocycles. The topological polar surface area (TPSA) is 111 Å². The molecule has 8 nitrogen and oxygen atoms in total. The SMILES string of the molecule is COc1cc(NC(=O)OC(C)(C)C)c(C(=O)C(=O)O)cc1OC. The summed E-state index contributed by atoms with van der Waals surface area (Å²) in [5.41, 5.74) is -1.05. The Hall–Kier alpha value is -2.77. The van der Waals surface area contributed by atoms with Crippen LogP contribution in [0.2, 0.25) is 0 Å². The van der Waals surface area contributed by atoms with Gasteiger partial charge < -0.3 is 19.3 Å². The molecule has 0 radical (unpaired) electrons. The van der Waals surface area contributed by atoms with Crippen molar-refractivity contribution < 1.29 is 33.7 Å². The van der Waals surface area contributed by atoms with Crippen molar-refractivity contribution in [3.63, 3.8) is 0 Å². The smallest absolute Gasteiger partial charge is 0.412 e. The lowest BCUT2D eigenvalue weighted by Gasteiger charge is -2.20. The molecular formula is C15H19NO7. The number of amides is 1. The summed E-state index contributed by atoms with van der Waals surface area (Å²) in [6, 6.07) is 2.47. The fraction of sp³-hybridized carbons (Fsp3) is 0.400. The van der Waals surface area contributed by atoms with E-state index in [2.05, 4.69) is 5.32 Å². The van der Waals surface area contributed by atoms with Crippen LogP contribution in [0.5, 0.6) is 11.5 Å². The maximum Gasteiger partial charge on any atom is 0.412 e. The van der Waals surface area contributed by atoms with Gasteiger partial charge in [-0.15, -0.1) is 0 Å². The van der Waals surface area contributed by atoms with Crippen LogP contribution in [0.4, 0.5) is 10.5 Å². The Labute approximate surface area is 133 Å². The number of rotatable bonds is 5. The van der Waals surface area contributed by atoms with Gasteiger partial charge in [0, 0.05) is 6.07 Å². The summed E-state index contributed by atoms with van der Waals surface area (Å²) >= 11 is 0. The molecule has 1 amide bonds. The monoisotopic (exact) mass is 325 g/mol. The number of aliphatic carboxylic acids is 1. The van der Waals surface area contributed by atoms with E-state index in [0.29, 0.717) is 0 Å². The molecule has 126 valence electrons. The highest BCUT2D eigenvalue weighted by Crippen LogP contribution is 2.34. The summed E-state index contributed by atoms with van der Waals surface area (Å²) in [7, 11) is 2.71.